The minimum atomic E-state index is -4.39. The van der Waals surface area contributed by atoms with Crippen LogP contribution in [0, 0.1) is 0 Å². The van der Waals surface area contributed by atoms with E-state index in [1.807, 2.05) is 6.07 Å². The summed E-state index contributed by atoms with van der Waals surface area (Å²) in [6.45, 7) is -1.67. The first kappa shape index (κ1) is 15.2. The van der Waals surface area contributed by atoms with Crippen LogP contribution in [0.4, 0.5) is 13.2 Å². The highest BCUT2D eigenvalue weighted by Crippen LogP contribution is 2.15. The molecule has 0 radical (unpaired) electrons. The lowest BCUT2D eigenvalue weighted by Gasteiger charge is -2.07. The lowest BCUT2D eigenvalue weighted by atomic mass is 10.2. The molecule has 1 aromatic carbocycles. The van der Waals surface area contributed by atoms with Crippen molar-refractivity contribution in [1.29, 1.82) is 0 Å². The molecular formula is C13H12F3N3O2. The molecule has 0 fully saturated rings. The lowest BCUT2D eigenvalue weighted by Crippen LogP contribution is -2.19. The molecule has 21 heavy (non-hydrogen) atoms. The molecule has 0 unspecified atom stereocenters. The molecule has 0 saturated heterocycles. The Labute approximate surface area is 118 Å². The van der Waals surface area contributed by atoms with Gasteiger partial charge in [-0.2, -0.15) is 13.2 Å². The van der Waals surface area contributed by atoms with Crippen LogP contribution in [0.25, 0.3) is 5.69 Å². The first-order chi connectivity index (χ1) is 9.97. The number of ketones is 1. The maximum absolute atomic E-state index is 12.0. The summed E-state index contributed by atoms with van der Waals surface area (Å²) in [5.41, 5.74) is 0.853. The fourth-order valence-electron chi connectivity index (χ4n) is 1.67. The van der Waals surface area contributed by atoms with E-state index in [1.54, 1.807) is 24.3 Å². The number of para-hydroxylation sites is 1. The van der Waals surface area contributed by atoms with E-state index in [9.17, 15) is 18.0 Å². The highest BCUT2D eigenvalue weighted by atomic mass is 19.4. The van der Waals surface area contributed by atoms with Crippen LogP contribution < -0.4 is 0 Å². The van der Waals surface area contributed by atoms with E-state index in [1.165, 1.54) is 10.9 Å². The predicted molar refractivity (Wildman–Crippen MR) is 67.2 cm³/mol. The lowest BCUT2D eigenvalue weighted by molar-refractivity contribution is -0.173. The largest absolute Gasteiger partial charge is 0.411 e. The minimum absolute atomic E-state index is 0.170. The van der Waals surface area contributed by atoms with Crippen LogP contribution in [-0.4, -0.2) is 40.2 Å². The van der Waals surface area contributed by atoms with Crippen molar-refractivity contribution in [3.8, 4) is 5.69 Å². The number of ether oxygens (including phenoxy) is 1. The van der Waals surface area contributed by atoms with Gasteiger partial charge in [0.1, 0.15) is 12.3 Å². The highest BCUT2D eigenvalue weighted by Gasteiger charge is 2.27. The number of carbonyl (C=O) groups excluding carboxylic acids is 1. The number of Topliss-reactive ketones (excluding diaryl/α,β-unsaturated/α-hetero) is 1. The standard InChI is InChI=1S/C13H12F3N3O2/c14-13(15,16)9-21-7-6-12(20)11-8-17-18-19(11)10-4-2-1-3-5-10/h1-5,8H,6-7,9H2. The molecular weight excluding hydrogens is 287 g/mol. The molecule has 0 amide bonds. The summed E-state index contributed by atoms with van der Waals surface area (Å²) in [5, 5.41) is 7.46. The summed E-state index contributed by atoms with van der Waals surface area (Å²) in [7, 11) is 0. The first-order valence-corrected chi connectivity index (χ1v) is 6.11. The second-order valence-electron chi connectivity index (χ2n) is 4.21. The summed E-state index contributed by atoms with van der Waals surface area (Å²) in [6, 6.07) is 8.85. The molecule has 5 nitrogen and oxygen atoms in total. The molecule has 0 spiro atoms. The number of alkyl halides is 3. The minimum Gasteiger partial charge on any atom is -0.372 e. The normalized spacial score (nSPS) is 11.6. The van der Waals surface area contributed by atoms with Crippen molar-refractivity contribution in [2.24, 2.45) is 0 Å². The van der Waals surface area contributed by atoms with Crippen LogP contribution in [0.3, 0.4) is 0 Å². The molecule has 1 heterocycles. The van der Waals surface area contributed by atoms with Gasteiger partial charge >= 0.3 is 6.18 Å². The van der Waals surface area contributed by atoms with Gasteiger partial charge in [0, 0.05) is 6.42 Å². The zero-order valence-electron chi connectivity index (χ0n) is 10.9. The monoisotopic (exact) mass is 299 g/mol. The maximum atomic E-state index is 12.0. The molecule has 0 bridgehead atoms. The van der Waals surface area contributed by atoms with Crippen molar-refractivity contribution in [1.82, 2.24) is 15.0 Å². The Kier molecular flexibility index (Phi) is 4.69. The Morgan fingerprint density at radius 2 is 1.95 bits per heavy atom. The van der Waals surface area contributed by atoms with E-state index in [2.05, 4.69) is 15.0 Å². The van der Waals surface area contributed by atoms with E-state index in [4.69, 9.17) is 0 Å². The van der Waals surface area contributed by atoms with Gasteiger partial charge in [-0.1, -0.05) is 23.4 Å². The number of halogens is 3. The predicted octanol–water partition coefficient (Wildman–Crippen LogP) is 2.42. The van der Waals surface area contributed by atoms with Crippen molar-refractivity contribution >= 4 is 5.78 Å². The molecule has 0 N–H and O–H groups in total. The van der Waals surface area contributed by atoms with Crippen LogP contribution in [0.1, 0.15) is 16.9 Å². The Morgan fingerprint density at radius 3 is 2.62 bits per heavy atom. The van der Waals surface area contributed by atoms with Gasteiger partial charge in [0.15, 0.2) is 5.78 Å². The molecule has 0 saturated carbocycles. The van der Waals surface area contributed by atoms with Gasteiger partial charge in [0.25, 0.3) is 0 Å². The van der Waals surface area contributed by atoms with E-state index in [0.717, 1.165) is 0 Å². The molecule has 2 rings (SSSR count). The molecule has 0 aliphatic heterocycles. The molecule has 112 valence electrons. The van der Waals surface area contributed by atoms with Crippen molar-refractivity contribution in [3.63, 3.8) is 0 Å². The smallest absolute Gasteiger partial charge is 0.372 e. The van der Waals surface area contributed by atoms with Crippen molar-refractivity contribution in [2.45, 2.75) is 12.6 Å². The highest BCUT2D eigenvalue weighted by molar-refractivity contribution is 5.94. The topological polar surface area (TPSA) is 57.0 Å². The number of nitrogens with zero attached hydrogens (tertiary/aromatic N) is 3. The van der Waals surface area contributed by atoms with Crippen LogP contribution in [0.5, 0.6) is 0 Å². The van der Waals surface area contributed by atoms with Gasteiger partial charge in [-0.05, 0) is 12.1 Å². The van der Waals surface area contributed by atoms with Crippen LogP contribution in [0.15, 0.2) is 36.5 Å². The van der Waals surface area contributed by atoms with Gasteiger partial charge in [-0.15, -0.1) is 5.10 Å². The van der Waals surface area contributed by atoms with Gasteiger partial charge in [-0.25, -0.2) is 4.68 Å². The molecule has 2 aromatic rings. The van der Waals surface area contributed by atoms with Crippen molar-refractivity contribution in [2.75, 3.05) is 13.2 Å². The van der Waals surface area contributed by atoms with Crippen LogP contribution >= 0.6 is 0 Å². The van der Waals surface area contributed by atoms with Crippen LogP contribution in [-0.2, 0) is 4.74 Å². The number of rotatable bonds is 6. The van der Waals surface area contributed by atoms with Crippen molar-refractivity contribution < 1.29 is 22.7 Å². The fourth-order valence-corrected chi connectivity index (χ4v) is 1.67. The van der Waals surface area contributed by atoms with E-state index < -0.39 is 12.8 Å². The number of hydrogen-bond acceptors (Lipinski definition) is 4. The first-order valence-electron chi connectivity index (χ1n) is 6.11. The molecule has 0 atom stereocenters. The fraction of sp³-hybridized carbons (Fsp3) is 0.308. The summed E-state index contributed by atoms with van der Waals surface area (Å²) < 4.78 is 41.5. The Balaban J connectivity index is 1.97. The Morgan fingerprint density at radius 1 is 1.24 bits per heavy atom. The molecule has 8 heteroatoms. The van der Waals surface area contributed by atoms with E-state index in [-0.39, 0.29) is 24.5 Å². The third kappa shape index (κ3) is 4.38. The molecule has 0 aliphatic carbocycles. The SMILES string of the molecule is O=C(CCOCC(F)(F)F)c1cnnn1-c1ccccc1. The number of benzene rings is 1. The third-order valence-electron chi connectivity index (χ3n) is 2.57. The van der Waals surface area contributed by atoms with Crippen molar-refractivity contribution in [3.05, 3.63) is 42.2 Å². The summed E-state index contributed by atoms with van der Waals surface area (Å²) in [4.78, 5) is 12.0. The van der Waals surface area contributed by atoms with Crippen LogP contribution in [0.2, 0.25) is 0 Å². The average molecular weight is 299 g/mol. The van der Waals surface area contributed by atoms with Gasteiger partial charge in [-0.3, -0.25) is 4.79 Å². The number of carbonyl (C=O) groups is 1. The van der Waals surface area contributed by atoms with Gasteiger partial charge in [0.05, 0.1) is 18.5 Å². The summed E-state index contributed by atoms with van der Waals surface area (Å²) >= 11 is 0. The Hall–Kier alpha value is -2.22. The quantitative estimate of drug-likeness (QED) is 0.607. The van der Waals surface area contributed by atoms with E-state index in [0.29, 0.717) is 5.69 Å². The van der Waals surface area contributed by atoms with E-state index >= 15 is 0 Å². The molecule has 0 aliphatic rings. The van der Waals surface area contributed by atoms with Gasteiger partial charge in [0.2, 0.25) is 0 Å². The maximum Gasteiger partial charge on any atom is 0.411 e. The zero-order valence-corrected chi connectivity index (χ0v) is 10.9. The second-order valence-corrected chi connectivity index (χ2v) is 4.21. The number of hydrogen-bond donors (Lipinski definition) is 0. The summed E-state index contributed by atoms with van der Waals surface area (Å²) in [6.07, 6.45) is -3.29. The second kappa shape index (κ2) is 6.49. The van der Waals surface area contributed by atoms with Gasteiger partial charge < -0.3 is 4.74 Å². The average Bonchev–Trinajstić information content (AvgIpc) is 2.93. The number of aromatic nitrogens is 3. The Bertz CT molecular complexity index is 596. The summed E-state index contributed by atoms with van der Waals surface area (Å²) in [5.74, 6) is -0.383. The zero-order chi connectivity index (χ0) is 15.3. The molecule has 1 aromatic heterocycles. The third-order valence-corrected chi connectivity index (χ3v) is 2.57.